The van der Waals surface area contributed by atoms with Gasteiger partial charge in [0.2, 0.25) is 5.91 Å². The van der Waals surface area contributed by atoms with Gasteiger partial charge >= 0.3 is 5.97 Å². The molecule has 7 nitrogen and oxygen atoms in total. The van der Waals surface area contributed by atoms with Crippen LogP contribution in [0.15, 0.2) is 36.4 Å². The van der Waals surface area contributed by atoms with Crippen LogP contribution in [0.25, 0.3) is 0 Å². The van der Waals surface area contributed by atoms with E-state index in [9.17, 15) is 31.9 Å². The highest BCUT2D eigenvalue weighted by Crippen LogP contribution is 2.11. The third kappa shape index (κ3) is 12.2. The van der Waals surface area contributed by atoms with E-state index in [4.69, 9.17) is 4.74 Å². The molecule has 0 saturated heterocycles. The summed E-state index contributed by atoms with van der Waals surface area (Å²) >= 11 is 0. The molecule has 0 aliphatic heterocycles. The first kappa shape index (κ1) is 30.8. The zero-order valence-electron chi connectivity index (χ0n) is 18.8. The van der Waals surface area contributed by atoms with Crippen LogP contribution in [0, 0.1) is 23.3 Å². The maximum atomic E-state index is 13.3. The zero-order valence-corrected chi connectivity index (χ0v) is 19.6. The molecule has 0 fully saturated rings. The van der Waals surface area contributed by atoms with Crippen molar-refractivity contribution in [3.63, 3.8) is 0 Å². The average Bonchev–Trinajstić information content (AvgIpc) is 2.70. The van der Waals surface area contributed by atoms with Crippen molar-refractivity contribution in [2.45, 2.75) is 39.2 Å². The van der Waals surface area contributed by atoms with Crippen molar-refractivity contribution in [3.05, 3.63) is 70.8 Å². The molecule has 0 saturated carbocycles. The molecule has 2 amide bonds. The minimum atomic E-state index is -0.794. The fourth-order valence-corrected chi connectivity index (χ4v) is 2.35. The van der Waals surface area contributed by atoms with E-state index in [0.717, 1.165) is 18.2 Å². The lowest BCUT2D eigenvalue weighted by Crippen LogP contribution is -3.00. The first-order chi connectivity index (χ1) is 15.3. The van der Waals surface area contributed by atoms with E-state index in [0.29, 0.717) is 6.07 Å². The van der Waals surface area contributed by atoms with Gasteiger partial charge in [0.25, 0.3) is 5.91 Å². The molecular formula is C22H26ClF4N3O4. The Labute approximate surface area is 200 Å². The van der Waals surface area contributed by atoms with Gasteiger partial charge in [-0.2, -0.15) is 0 Å². The molecular weight excluding hydrogens is 482 g/mol. The molecule has 0 aliphatic carbocycles. The highest BCUT2D eigenvalue weighted by Gasteiger charge is 2.17. The molecule has 2 aromatic carbocycles. The summed E-state index contributed by atoms with van der Waals surface area (Å²) in [5.41, 5.74) is 1.69. The number of carbonyl (C=O) groups excluding carboxylic acids is 3. The molecule has 188 valence electrons. The van der Waals surface area contributed by atoms with E-state index in [1.54, 1.807) is 20.8 Å². The Balaban J connectivity index is 0.000000676. The van der Waals surface area contributed by atoms with Gasteiger partial charge in [-0.1, -0.05) is 12.1 Å². The Bertz CT molecular complexity index is 1000. The third-order valence-electron chi connectivity index (χ3n) is 3.78. The fraction of sp³-hybridized carbons (Fsp3) is 0.318. The smallest absolute Gasteiger partial charge is 0.325 e. The molecule has 0 bridgehead atoms. The van der Waals surface area contributed by atoms with Gasteiger partial charge < -0.3 is 22.5 Å². The minimum Gasteiger partial charge on any atom is -1.00 e. The predicted octanol–water partition coefficient (Wildman–Crippen LogP) is -1.25. The maximum Gasteiger partial charge on any atom is 0.325 e. The highest BCUT2D eigenvalue weighted by atomic mass is 35.5. The predicted molar refractivity (Wildman–Crippen MR) is 110 cm³/mol. The molecule has 0 aromatic heterocycles. The van der Waals surface area contributed by atoms with Crippen LogP contribution in [-0.2, 0) is 32.0 Å². The quantitative estimate of drug-likeness (QED) is 0.258. The normalized spacial score (nSPS) is 10.2. The molecule has 0 unspecified atom stereocenters. The van der Waals surface area contributed by atoms with E-state index in [-0.39, 0.29) is 42.9 Å². The first-order valence-corrected chi connectivity index (χ1v) is 9.73. The Morgan fingerprint density at radius 1 is 0.853 bits per heavy atom. The number of carbonyl (C=O) groups is 3. The number of hydrogen-bond acceptors (Lipinski definition) is 4. The third-order valence-corrected chi connectivity index (χ3v) is 3.78. The second kappa shape index (κ2) is 14.2. The number of esters is 1. The molecule has 2 rings (SSSR count). The van der Waals surface area contributed by atoms with Crippen molar-refractivity contribution in [1.82, 2.24) is 10.7 Å². The van der Waals surface area contributed by atoms with Crippen LogP contribution in [0.2, 0.25) is 0 Å². The summed E-state index contributed by atoms with van der Waals surface area (Å²) in [5.74, 6) is -1.27. The summed E-state index contributed by atoms with van der Waals surface area (Å²) in [6.45, 7) is 4.83. The highest BCUT2D eigenvalue weighted by molar-refractivity contribution is 5.83. The Morgan fingerprint density at radius 2 is 1.29 bits per heavy atom. The van der Waals surface area contributed by atoms with Crippen molar-refractivity contribution < 1.29 is 54.9 Å². The van der Waals surface area contributed by atoms with E-state index in [1.165, 1.54) is 12.1 Å². The van der Waals surface area contributed by atoms with Gasteiger partial charge in [-0.15, -0.1) is 0 Å². The van der Waals surface area contributed by atoms with Crippen LogP contribution >= 0.6 is 0 Å². The van der Waals surface area contributed by atoms with Crippen LogP contribution in [0.1, 0.15) is 31.9 Å². The van der Waals surface area contributed by atoms with Gasteiger partial charge in [0.1, 0.15) is 35.4 Å². The lowest BCUT2D eigenvalue weighted by molar-refractivity contribution is -0.427. The topological polar surface area (TPSA) is 112 Å². The van der Waals surface area contributed by atoms with Crippen LogP contribution in [0.4, 0.5) is 17.6 Å². The van der Waals surface area contributed by atoms with Crippen LogP contribution in [0.5, 0.6) is 0 Å². The Hall–Kier alpha value is -3.18. The average molecular weight is 508 g/mol. The molecule has 0 spiro atoms. The summed E-state index contributed by atoms with van der Waals surface area (Å²) in [4.78, 5) is 33.7. The van der Waals surface area contributed by atoms with Crippen molar-refractivity contribution >= 4 is 17.8 Å². The standard InChI is InChI=1S/C14H17F2NO3.C8H8F2N2O.ClH/c1-14(2,3)20-13(19)8-17-12(18)6-9-4-5-10(15)7-11(9)16;9-6-2-1-5(7(10)4-6)3-8(13)12-11;/h4-5,7H,6,8H2,1-3H3,(H,17,18);1-2,4H,3,11H2,(H,12,13);1H. The summed E-state index contributed by atoms with van der Waals surface area (Å²) in [7, 11) is 0. The molecule has 34 heavy (non-hydrogen) atoms. The minimum absolute atomic E-state index is 0. The second-order valence-electron chi connectivity index (χ2n) is 7.79. The van der Waals surface area contributed by atoms with E-state index in [1.807, 2.05) is 0 Å². The molecule has 12 heteroatoms. The molecule has 5 N–H and O–H groups in total. The summed E-state index contributed by atoms with van der Waals surface area (Å²) in [6.07, 6.45) is -0.398. The summed E-state index contributed by atoms with van der Waals surface area (Å²) in [5, 5.41) is 2.32. The number of rotatable bonds is 6. The number of nitrogens with one attached hydrogen (secondary N) is 2. The van der Waals surface area contributed by atoms with Gasteiger partial charge in [0, 0.05) is 12.1 Å². The molecule has 0 heterocycles. The van der Waals surface area contributed by atoms with Crippen LogP contribution in [-0.4, -0.2) is 29.9 Å². The Kier molecular flexibility index (Phi) is 12.8. The summed E-state index contributed by atoms with van der Waals surface area (Å²) in [6, 6.07) is 6.05. The Morgan fingerprint density at radius 3 is 1.68 bits per heavy atom. The number of quaternary nitrogens is 1. The molecule has 0 atom stereocenters. The SMILES string of the molecule is CC(C)(C)OC(=O)CNC(=O)Cc1ccc(F)cc1F.[Cl-].[NH3+]NC(=O)Cc1ccc(F)cc1F. The van der Waals surface area contributed by atoms with E-state index < -0.39 is 46.7 Å². The second-order valence-corrected chi connectivity index (χ2v) is 7.79. The van der Waals surface area contributed by atoms with Gasteiger partial charge in [0.15, 0.2) is 0 Å². The number of amides is 2. The molecule has 2 aromatic rings. The lowest BCUT2D eigenvalue weighted by Gasteiger charge is -2.19. The molecule has 0 aliphatic rings. The lowest BCUT2D eigenvalue weighted by atomic mass is 10.1. The largest absolute Gasteiger partial charge is 1.00 e. The van der Waals surface area contributed by atoms with Gasteiger partial charge in [-0.25, -0.2) is 23.0 Å². The fourth-order valence-electron chi connectivity index (χ4n) is 2.35. The first-order valence-electron chi connectivity index (χ1n) is 9.73. The van der Waals surface area contributed by atoms with E-state index in [2.05, 4.69) is 16.6 Å². The van der Waals surface area contributed by atoms with Crippen molar-refractivity contribution in [1.29, 1.82) is 0 Å². The van der Waals surface area contributed by atoms with Gasteiger partial charge in [-0.05, 0) is 44.0 Å². The maximum absolute atomic E-state index is 13.3. The molecule has 0 radical (unpaired) electrons. The zero-order chi connectivity index (χ0) is 25.2. The van der Waals surface area contributed by atoms with Crippen molar-refractivity contribution in [2.24, 2.45) is 0 Å². The monoisotopic (exact) mass is 507 g/mol. The van der Waals surface area contributed by atoms with E-state index >= 15 is 0 Å². The van der Waals surface area contributed by atoms with Gasteiger partial charge in [0.05, 0.1) is 12.8 Å². The number of hydrogen-bond donors (Lipinski definition) is 3. The van der Waals surface area contributed by atoms with Gasteiger partial charge in [-0.3, -0.25) is 20.2 Å². The summed E-state index contributed by atoms with van der Waals surface area (Å²) < 4.78 is 56.3. The number of benzene rings is 2. The number of halogens is 5. The number of ether oxygens (including phenoxy) is 1. The van der Waals surface area contributed by atoms with Crippen LogP contribution in [0.3, 0.4) is 0 Å². The van der Waals surface area contributed by atoms with Crippen LogP contribution < -0.4 is 29.0 Å². The van der Waals surface area contributed by atoms with Crippen molar-refractivity contribution in [2.75, 3.05) is 6.54 Å². The van der Waals surface area contributed by atoms with Crippen molar-refractivity contribution in [3.8, 4) is 0 Å².